The maximum atomic E-state index is 10.8. The Morgan fingerprint density at radius 3 is 2.45 bits per heavy atom. The van der Waals surface area contributed by atoms with Gasteiger partial charge in [-0.15, -0.1) is 0 Å². The number of aromatic nitrogens is 2. The van der Waals surface area contributed by atoms with Gasteiger partial charge in [-0.2, -0.15) is 0 Å². The molecule has 0 fully saturated rings. The maximum absolute atomic E-state index is 10.8. The number of rotatable bonds is 7. The molecule has 0 spiro atoms. The fourth-order valence-electron chi connectivity index (χ4n) is 2.18. The minimum Gasteiger partial charge on any atom is -0.481 e. The Morgan fingerprint density at radius 1 is 1.40 bits per heavy atom. The van der Waals surface area contributed by atoms with Gasteiger partial charge < -0.3 is 9.67 Å². The van der Waals surface area contributed by atoms with Crippen molar-refractivity contribution in [2.75, 3.05) is 5.75 Å². The molecule has 1 aromatic heterocycles. The van der Waals surface area contributed by atoms with Gasteiger partial charge in [0, 0.05) is 23.9 Å². The van der Waals surface area contributed by atoms with Crippen LogP contribution in [0, 0.1) is 5.92 Å². The number of thioether (sulfide) groups is 1. The van der Waals surface area contributed by atoms with Crippen LogP contribution in [0.3, 0.4) is 0 Å². The summed E-state index contributed by atoms with van der Waals surface area (Å²) in [6.07, 6.45) is 4.15. The van der Waals surface area contributed by atoms with Crippen molar-refractivity contribution in [1.29, 1.82) is 0 Å². The van der Waals surface area contributed by atoms with Crippen LogP contribution in [0.4, 0.5) is 0 Å². The maximum Gasteiger partial charge on any atom is 0.313 e. The van der Waals surface area contributed by atoms with Crippen LogP contribution in [-0.2, 0) is 16.8 Å². The average Bonchev–Trinajstić information content (AvgIpc) is 2.75. The van der Waals surface area contributed by atoms with E-state index < -0.39 is 5.97 Å². The first-order chi connectivity index (χ1) is 9.29. The first-order valence-corrected chi connectivity index (χ1v) is 8.18. The molecule has 0 aliphatic heterocycles. The molecule has 0 aliphatic carbocycles. The Labute approximate surface area is 126 Å². The van der Waals surface area contributed by atoms with Crippen molar-refractivity contribution in [3.8, 4) is 0 Å². The van der Waals surface area contributed by atoms with Crippen LogP contribution < -0.4 is 0 Å². The molecule has 0 saturated heterocycles. The van der Waals surface area contributed by atoms with Gasteiger partial charge in [0.1, 0.15) is 0 Å². The van der Waals surface area contributed by atoms with Crippen LogP contribution in [0.5, 0.6) is 0 Å². The molecule has 1 aromatic rings. The Kier molecular flexibility index (Phi) is 6.11. The number of carbonyl (C=O) groups is 1. The third-order valence-corrected chi connectivity index (χ3v) is 4.48. The molecule has 0 amide bonds. The lowest BCUT2D eigenvalue weighted by molar-refractivity contribution is -0.133. The van der Waals surface area contributed by atoms with Crippen LogP contribution in [0.2, 0.25) is 0 Å². The number of carboxylic acids is 1. The molecule has 114 valence electrons. The van der Waals surface area contributed by atoms with E-state index in [2.05, 4.69) is 44.2 Å². The molecule has 4 nitrogen and oxygen atoms in total. The first-order valence-electron chi connectivity index (χ1n) is 7.20. The second-order valence-electron chi connectivity index (χ2n) is 6.15. The van der Waals surface area contributed by atoms with Crippen LogP contribution >= 0.6 is 11.8 Å². The molecule has 0 aromatic carbocycles. The van der Waals surface area contributed by atoms with Crippen LogP contribution in [-0.4, -0.2) is 26.4 Å². The fourth-order valence-corrected chi connectivity index (χ4v) is 2.89. The Bertz CT molecular complexity index is 445. The first kappa shape index (κ1) is 17.1. The van der Waals surface area contributed by atoms with Gasteiger partial charge in [-0.05, 0) is 5.92 Å². The standard InChI is InChI=1S/C15H26N2O2S/c1-6-11(7-2)9-17-12(15(3,4)5)8-16-14(17)20-10-13(18)19/h8,11H,6-7,9-10H2,1-5H3,(H,18,19). The highest BCUT2D eigenvalue weighted by Gasteiger charge is 2.23. The molecule has 20 heavy (non-hydrogen) atoms. The molecule has 1 N–H and O–H groups in total. The highest BCUT2D eigenvalue weighted by molar-refractivity contribution is 7.99. The summed E-state index contributed by atoms with van der Waals surface area (Å²) in [7, 11) is 0. The number of imidazole rings is 1. The summed E-state index contributed by atoms with van der Waals surface area (Å²) in [5, 5.41) is 9.67. The van der Waals surface area contributed by atoms with Crippen molar-refractivity contribution in [3.05, 3.63) is 11.9 Å². The van der Waals surface area contributed by atoms with E-state index in [0.717, 1.165) is 24.5 Å². The van der Waals surface area contributed by atoms with E-state index in [1.54, 1.807) is 0 Å². The smallest absolute Gasteiger partial charge is 0.313 e. The van der Waals surface area contributed by atoms with Gasteiger partial charge in [0.2, 0.25) is 0 Å². The molecule has 0 bridgehead atoms. The number of aliphatic carboxylic acids is 1. The lowest BCUT2D eigenvalue weighted by Gasteiger charge is -2.24. The zero-order chi connectivity index (χ0) is 15.3. The highest BCUT2D eigenvalue weighted by atomic mass is 32.2. The van der Waals surface area contributed by atoms with E-state index >= 15 is 0 Å². The largest absolute Gasteiger partial charge is 0.481 e. The van der Waals surface area contributed by atoms with Gasteiger partial charge in [-0.25, -0.2) is 4.98 Å². The Hall–Kier alpha value is -0.970. The monoisotopic (exact) mass is 298 g/mol. The molecular weight excluding hydrogens is 272 g/mol. The number of hydrogen-bond acceptors (Lipinski definition) is 3. The van der Waals surface area contributed by atoms with E-state index in [1.807, 2.05) is 6.20 Å². The van der Waals surface area contributed by atoms with Crippen molar-refractivity contribution in [3.63, 3.8) is 0 Å². The SMILES string of the molecule is CCC(CC)Cn1c(C(C)(C)C)cnc1SCC(=O)O. The summed E-state index contributed by atoms with van der Waals surface area (Å²) >= 11 is 1.31. The molecule has 0 atom stereocenters. The Morgan fingerprint density at radius 2 is 2.00 bits per heavy atom. The summed E-state index contributed by atoms with van der Waals surface area (Å²) in [6, 6.07) is 0. The van der Waals surface area contributed by atoms with E-state index in [1.165, 1.54) is 17.5 Å². The van der Waals surface area contributed by atoms with Gasteiger partial charge in [0.25, 0.3) is 0 Å². The van der Waals surface area contributed by atoms with Crippen molar-refractivity contribution in [2.24, 2.45) is 5.92 Å². The minimum atomic E-state index is -0.801. The Balaban J connectivity index is 3.05. The lowest BCUT2D eigenvalue weighted by Crippen LogP contribution is -2.21. The van der Waals surface area contributed by atoms with Crippen molar-refractivity contribution >= 4 is 17.7 Å². The van der Waals surface area contributed by atoms with Gasteiger partial charge in [-0.1, -0.05) is 59.2 Å². The number of nitrogens with zero attached hydrogens (tertiary/aromatic N) is 2. The molecule has 0 saturated carbocycles. The van der Waals surface area contributed by atoms with Crippen molar-refractivity contribution in [2.45, 2.75) is 64.6 Å². The van der Waals surface area contributed by atoms with Crippen LogP contribution in [0.15, 0.2) is 11.4 Å². The highest BCUT2D eigenvalue weighted by Crippen LogP contribution is 2.29. The second-order valence-corrected chi connectivity index (χ2v) is 7.09. The zero-order valence-corrected chi connectivity index (χ0v) is 14.0. The molecule has 5 heteroatoms. The minimum absolute atomic E-state index is 0.0149. The van der Waals surface area contributed by atoms with E-state index in [9.17, 15) is 4.79 Å². The normalized spacial score (nSPS) is 12.1. The van der Waals surface area contributed by atoms with Crippen molar-refractivity contribution in [1.82, 2.24) is 9.55 Å². The van der Waals surface area contributed by atoms with E-state index in [4.69, 9.17) is 5.11 Å². The third-order valence-electron chi connectivity index (χ3n) is 3.51. The molecule has 1 rings (SSSR count). The van der Waals surface area contributed by atoms with Gasteiger partial charge >= 0.3 is 5.97 Å². The average molecular weight is 298 g/mol. The number of carboxylic acid groups (broad SMARTS) is 1. The number of hydrogen-bond donors (Lipinski definition) is 1. The van der Waals surface area contributed by atoms with Crippen LogP contribution in [0.1, 0.15) is 53.2 Å². The molecule has 0 unspecified atom stereocenters. The second kappa shape index (κ2) is 7.16. The molecule has 0 radical (unpaired) electrons. The van der Waals surface area contributed by atoms with Gasteiger partial charge in [0.05, 0.1) is 5.75 Å². The lowest BCUT2D eigenvalue weighted by atomic mass is 9.92. The summed E-state index contributed by atoms with van der Waals surface area (Å²) in [5.74, 6) is -0.136. The summed E-state index contributed by atoms with van der Waals surface area (Å²) < 4.78 is 2.21. The summed E-state index contributed by atoms with van der Waals surface area (Å²) in [4.78, 5) is 15.2. The zero-order valence-electron chi connectivity index (χ0n) is 13.1. The topological polar surface area (TPSA) is 55.1 Å². The summed E-state index contributed by atoms with van der Waals surface area (Å²) in [6.45, 7) is 11.8. The quantitative estimate of drug-likeness (QED) is 0.778. The predicted molar refractivity (Wildman–Crippen MR) is 83.4 cm³/mol. The van der Waals surface area contributed by atoms with Crippen molar-refractivity contribution < 1.29 is 9.90 Å². The predicted octanol–water partition coefficient (Wildman–Crippen LogP) is 3.79. The van der Waals surface area contributed by atoms with E-state index in [0.29, 0.717) is 5.92 Å². The van der Waals surface area contributed by atoms with Gasteiger partial charge in [0.15, 0.2) is 5.16 Å². The molecule has 1 heterocycles. The van der Waals surface area contributed by atoms with Crippen LogP contribution in [0.25, 0.3) is 0 Å². The fraction of sp³-hybridized carbons (Fsp3) is 0.733. The molecule has 0 aliphatic rings. The van der Waals surface area contributed by atoms with E-state index in [-0.39, 0.29) is 11.2 Å². The summed E-state index contributed by atoms with van der Waals surface area (Å²) in [5.41, 5.74) is 1.19. The third kappa shape index (κ3) is 4.54. The van der Waals surface area contributed by atoms with Gasteiger partial charge in [-0.3, -0.25) is 4.79 Å². The molecular formula is C15H26N2O2S.